The molecule has 2 aromatic carbocycles. The zero-order chi connectivity index (χ0) is 15.6. The Morgan fingerprint density at radius 1 is 1.10 bits per heavy atom. The first-order chi connectivity index (χ1) is 9.92. The molecule has 0 aliphatic heterocycles. The molecule has 21 heavy (non-hydrogen) atoms. The summed E-state index contributed by atoms with van der Waals surface area (Å²) >= 11 is 0. The van der Waals surface area contributed by atoms with Crippen molar-refractivity contribution in [3.8, 4) is 0 Å². The molecule has 0 aliphatic rings. The highest BCUT2D eigenvalue weighted by Gasteiger charge is 2.15. The molecule has 7 heteroatoms. The molecule has 110 valence electrons. The number of methoxy groups -OCH3 is 1. The molecule has 0 saturated heterocycles. The molecule has 2 aromatic rings. The lowest BCUT2D eigenvalue weighted by Crippen LogP contribution is -2.07. The second-order valence-corrected chi connectivity index (χ2v) is 4.16. The van der Waals surface area contributed by atoms with Crippen LogP contribution in [0.5, 0.6) is 0 Å². The highest BCUT2D eigenvalue weighted by molar-refractivity contribution is 5.96. The van der Waals surface area contributed by atoms with E-state index in [9.17, 15) is 18.0 Å². The van der Waals surface area contributed by atoms with Crippen LogP contribution in [0.15, 0.2) is 30.3 Å². The molecule has 0 amide bonds. The number of hydrogen-bond donors (Lipinski definition) is 2. The van der Waals surface area contributed by atoms with Gasteiger partial charge in [0.1, 0.15) is 5.82 Å². The first-order valence-electron chi connectivity index (χ1n) is 5.81. The minimum absolute atomic E-state index is 0.0380. The fraction of sp³-hybridized carbons (Fsp3) is 0.0714. The third-order valence-corrected chi connectivity index (χ3v) is 2.74. The Kier molecular flexibility index (Phi) is 4.02. The summed E-state index contributed by atoms with van der Waals surface area (Å²) in [5.41, 5.74) is 5.40. The Labute approximate surface area is 118 Å². The molecule has 0 aromatic heterocycles. The average Bonchev–Trinajstić information content (AvgIpc) is 2.45. The second kappa shape index (κ2) is 5.74. The van der Waals surface area contributed by atoms with E-state index in [0.29, 0.717) is 0 Å². The molecule has 0 unspecified atom stereocenters. The number of nitrogens with one attached hydrogen (secondary N) is 1. The average molecular weight is 296 g/mol. The van der Waals surface area contributed by atoms with Gasteiger partial charge in [-0.25, -0.2) is 18.0 Å². The van der Waals surface area contributed by atoms with E-state index in [1.807, 2.05) is 0 Å². The van der Waals surface area contributed by atoms with E-state index >= 15 is 0 Å². The second-order valence-electron chi connectivity index (χ2n) is 4.16. The minimum atomic E-state index is -1.08. The first kappa shape index (κ1) is 14.7. The Balaban J connectivity index is 2.39. The van der Waals surface area contributed by atoms with E-state index in [1.54, 1.807) is 0 Å². The number of benzene rings is 2. The van der Waals surface area contributed by atoms with E-state index in [0.717, 1.165) is 31.4 Å². The summed E-state index contributed by atoms with van der Waals surface area (Å²) in [6.07, 6.45) is 0. The van der Waals surface area contributed by atoms with Crippen molar-refractivity contribution in [1.29, 1.82) is 0 Å². The summed E-state index contributed by atoms with van der Waals surface area (Å²) in [6.45, 7) is 0. The SMILES string of the molecule is COC(=O)c1cc(Nc2ccc(F)c(F)c2)c(F)cc1N. The predicted molar refractivity (Wildman–Crippen MR) is 71.8 cm³/mol. The Bertz CT molecular complexity index is 705. The van der Waals surface area contributed by atoms with Crippen LogP contribution in [0.25, 0.3) is 0 Å². The summed E-state index contributed by atoms with van der Waals surface area (Å²) < 4.78 is 44.3. The van der Waals surface area contributed by atoms with Gasteiger partial charge in [-0.3, -0.25) is 0 Å². The fourth-order valence-electron chi connectivity index (χ4n) is 1.70. The van der Waals surface area contributed by atoms with E-state index in [-0.39, 0.29) is 22.6 Å². The van der Waals surface area contributed by atoms with Crippen molar-refractivity contribution in [3.63, 3.8) is 0 Å². The number of rotatable bonds is 3. The van der Waals surface area contributed by atoms with Gasteiger partial charge in [0.05, 0.1) is 18.4 Å². The van der Waals surface area contributed by atoms with Gasteiger partial charge in [-0.2, -0.15) is 0 Å². The summed E-state index contributed by atoms with van der Waals surface area (Å²) in [6, 6.07) is 5.06. The first-order valence-corrected chi connectivity index (χ1v) is 5.81. The number of nitrogens with two attached hydrogens (primary N) is 1. The summed E-state index contributed by atoms with van der Waals surface area (Å²) in [5.74, 6) is -3.58. The Morgan fingerprint density at radius 2 is 1.81 bits per heavy atom. The van der Waals surface area contributed by atoms with Crippen molar-refractivity contribution in [2.75, 3.05) is 18.2 Å². The van der Waals surface area contributed by atoms with Gasteiger partial charge < -0.3 is 15.8 Å². The van der Waals surface area contributed by atoms with Gasteiger partial charge in [0.15, 0.2) is 11.6 Å². The van der Waals surface area contributed by atoms with Crippen LogP contribution in [0.1, 0.15) is 10.4 Å². The van der Waals surface area contributed by atoms with Gasteiger partial charge in [-0.1, -0.05) is 0 Å². The highest BCUT2D eigenvalue weighted by Crippen LogP contribution is 2.26. The monoisotopic (exact) mass is 296 g/mol. The van der Waals surface area contributed by atoms with Gasteiger partial charge in [0.2, 0.25) is 0 Å². The van der Waals surface area contributed by atoms with Gasteiger partial charge >= 0.3 is 5.97 Å². The van der Waals surface area contributed by atoms with Gasteiger partial charge in [-0.05, 0) is 24.3 Å². The summed E-state index contributed by atoms with van der Waals surface area (Å²) in [5, 5.41) is 2.54. The maximum Gasteiger partial charge on any atom is 0.340 e. The fourth-order valence-corrected chi connectivity index (χ4v) is 1.70. The van der Waals surface area contributed by atoms with Crippen LogP contribution in [-0.2, 0) is 4.74 Å². The standard InChI is InChI=1S/C14H11F3N2O2/c1-21-14(20)8-5-13(11(17)6-12(8)18)19-7-2-3-9(15)10(16)4-7/h2-6,19H,18H2,1H3. The van der Waals surface area contributed by atoms with Crippen molar-refractivity contribution in [2.24, 2.45) is 0 Å². The topological polar surface area (TPSA) is 64.3 Å². The molecular formula is C14H11F3N2O2. The zero-order valence-electron chi connectivity index (χ0n) is 10.9. The predicted octanol–water partition coefficient (Wildman–Crippen LogP) is 3.22. The van der Waals surface area contributed by atoms with E-state index in [1.165, 1.54) is 6.07 Å². The molecule has 0 bridgehead atoms. The molecule has 0 atom stereocenters. The number of ether oxygens (including phenoxy) is 1. The third kappa shape index (κ3) is 3.07. The molecule has 0 aliphatic carbocycles. The molecular weight excluding hydrogens is 285 g/mol. The number of carbonyl (C=O) groups excluding carboxylic acids is 1. The van der Waals surface area contributed by atoms with Crippen LogP contribution in [0.4, 0.5) is 30.2 Å². The summed E-state index contributed by atoms with van der Waals surface area (Å²) in [7, 11) is 1.16. The lowest BCUT2D eigenvalue weighted by atomic mass is 10.1. The number of anilines is 3. The van der Waals surface area contributed by atoms with Gasteiger partial charge in [-0.15, -0.1) is 0 Å². The summed E-state index contributed by atoms with van der Waals surface area (Å²) in [4.78, 5) is 11.5. The van der Waals surface area contributed by atoms with Crippen LogP contribution < -0.4 is 11.1 Å². The number of esters is 1. The molecule has 2 rings (SSSR count). The number of halogens is 3. The van der Waals surface area contributed by atoms with Crippen molar-refractivity contribution in [3.05, 3.63) is 53.3 Å². The number of carbonyl (C=O) groups is 1. The van der Waals surface area contributed by atoms with Crippen molar-refractivity contribution >= 4 is 23.0 Å². The van der Waals surface area contributed by atoms with Crippen molar-refractivity contribution in [1.82, 2.24) is 0 Å². The van der Waals surface area contributed by atoms with Gasteiger partial charge in [0, 0.05) is 17.4 Å². The third-order valence-electron chi connectivity index (χ3n) is 2.74. The van der Waals surface area contributed by atoms with E-state index in [4.69, 9.17) is 5.73 Å². The van der Waals surface area contributed by atoms with Crippen LogP contribution in [0.3, 0.4) is 0 Å². The molecule has 0 fully saturated rings. The molecule has 0 heterocycles. The maximum atomic E-state index is 13.8. The smallest absolute Gasteiger partial charge is 0.340 e. The molecule has 4 nitrogen and oxygen atoms in total. The lowest BCUT2D eigenvalue weighted by Gasteiger charge is -2.11. The van der Waals surface area contributed by atoms with Gasteiger partial charge in [0.25, 0.3) is 0 Å². The van der Waals surface area contributed by atoms with Crippen molar-refractivity contribution < 1.29 is 22.7 Å². The van der Waals surface area contributed by atoms with Crippen molar-refractivity contribution in [2.45, 2.75) is 0 Å². The largest absolute Gasteiger partial charge is 0.465 e. The molecule has 0 radical (unpaired) electrons. The minimum Gasteiger partial charge on any atom is -0.465 e. The van der Waals surface area contributed by atoms with Crippen LogP contribution >= 0.6 is 0 Å². The van der Waals surface area contributed by atoms with E-state index in [2.05, 4.69) is 10.1 Å². The van der Waals surface area contributed by atoms with Crippen LogP contribution in [0.2, 0.25) is 0 Å². The van der Waals surface area contributed by atoms with E-state index < -0.39 is 23.4 Å². The van der Waals surface area contributed by atoms with Crippen LogP contribution in [-0.4, -0.2) is 13.1 Å². The molecule has 0 saturated carbocycles. The maximum absolute atomic E-state index is 13.8. The zero-order valence-corrected chi connectivity index (χ0v) is 10.9. The number of nitrogen functional groups attached to an aromatic ring is 1. The Hall–Kier alpha value is -2.70. The quantitative estimate of drug-likeness (QED) is 0.674. The Morgan fingerprint density at radius 3 is 2.43 bits per heavy atom. The lowest BCUT2D eigenvalue weighted by molar-refractivity contribution is 0.0602. The van der Waals surface area contributed by atoms with Crippen LogP contribution in [0, 0.1) is 17.5 Å². The number of hydrogen-bond acceptors (Lipinski definition) is 4. The normalized spacial score (nSPS) is 10.3. The highest BCUT2D eigenvalue weighted by atomic mass is 19.2. The molecule has 3 N–H and O–H groups in total. The molecule has 0 spiro atoms.